The second kappa shape index (κ2) is 5.75. The molecular formula is C10H11Br2N3O3. The average Bonchev–Trinajstić information content (AvgIpc) is 2.21. The van der Waals surface area contributed by atoms with Gasteiger partial charge in [0.25, 0.3) is 0 Å². The summed E-state index contributed by atoms with van der Waals surface area (Å²) in [5.74, 6) is -1.21. The number of halogens is 2. The number of hydrogen-bond acceptors (Lipinski definition) is 4. The Hall–Kier alpha value is -1.02. The molecule has 0 aliphatic rings. The molecule has 2 N–H and O–H groups in total. The maximum Gasteiger partial charge on any atom is 0.309 e. The maximum absolute atomic E-state index is 11.7. The van der Waals surface area contributed by atoms with Crippen LogP contribution in [0.25, 0.3) is 0 Å². The number of aliphatic carboxylic acids is 1. The van der Waals surface area contributed by atoms with Crippen molar-refractivity contribution in [2.75, 3.05) is 5.32 Å². The fraction of sp³-hybridized carbons (Fsp3) is 0.400. The van der Waals surface area contributed by atoms with Gasteiger partial charge in [0.1, 0.15) is 9.21 Å². The number of hydrogen-bond donors (Lipinski definition) is 2. The van der Waals surface area contributed by atoms with Crippen LogP contribution in [-0.4, -0.2) is 27.0 Å². The lowest BCUT2D eigenvalue weighted by atomic mass is 9.89. The van der Waals surface area contributed by atoms with Crippen LogP contribution < -0.4 is 5.32 Å². The fourth-order valence-electron chi connectivity index (χ4n) is 1.08. The van der Waals surface area contributed by atoms with Crippen molar-refractivity contribution in [3.05, 3.63) is 15.4 Å². The van der Waals surface area contributed by atoms with Gasteiger partial charge in [0.2, 0.25) is 5.91 Å². The predicted molar refractivity (Wildman–Crippen MR) is 72.1 cm³/mol. The Morgan fingerprint density at radius 2 is 2.06 bits per heavy atom. The molecule has 8 heteroatoms. The minimum atomic E-state index is -1.13. The molecule has 1 aromatic heterocycles. The number of carbonyl (C=O) groups is 2. The first-order valence-corrected chi connectivity index (χ1v) is 6.52. The molecule has 6 nitrogen and oxygen atoms in total. The van der Waals surface area contributed by atoms with Gasteiger partial charge in [-0.05, 0) is 45.7 Å². The van der Waals surface area contributed by atoms with Crippen LogP contribution in [0.15, 0.2) is 15.4 Å². The molecule has 1 heterocycles. The Morgan fingerprint density at radius 3 is 2.56 bits per heavy atom. The molecule has 0 saturated carbocycles. The summed E-state index contributed by atoms with van der Waals surface area (Å²) in [4.78, 5) is 30.5. The highest BCUT2D eigenvalue weighted by atomic mass is 79.9. The number of aromatic nitrogens is 2. The summed E-state index contributed by atoms with van der Waals surface area (Å²) < 4.78 is 0.900. The van der Waals surface area contributed by atoms with Gasteiger partial charge in [-0.25, -0.2) is 9.97 Å². The second-order valence-electron chi connectivity index (χ2n) is 4.25. The van der Waals surface area contributed by atoms with Gasteiger partial charge < -0.3 is 10.4 Å². The van der Waals surface area contributed by atoms with E-state index in [9.17, 15) is 9.59 Å². The molecule has 0 aromatic carbocycles. The van der Waals surface area contributed by atoms with Crippen LogP contribution in [0.4, 0.5) is 5.82 Å². The van der Waals surface area contributed by atoms with E-state index in [0.29, 0.717) is 9.21 Å². The van der Waals surface area contributed by atoms with Gasteiger partial charge in [-0.1, -0.05) is 0 Å². The van der Waals surface area contributed by atoms with Crippen LogP contribution in [0.3, 0.4) is 0 Å². The van der Waals surface area contributed by atoms with Crippen LogP contribution in [0.2, 0.25) is 0 Å². The zero-order valence-electron chi connectivity index (χ0n) is 9.70. The summed E-state index contributed by atoms with van der Waals surface area (Å²) in [6.45, 7) is 2.97. The minimum absolute atomic E-state index is 0.146. The third-order valence-corrected chi connectivity index (χ3v) is 3.07. The van der Waals surface area contributed by atoms with Crippen molar-refractivity contribution in [2.45, 2.75) is 20.3 Å². The van der Waals surface area contributed by atoms with Crippen LogP contribution in [0, 0.1) is 5.41 Å². The molecule has 0 unspecified atom stereocenters. The van der Waals surface area contributed by atoms with E-state index in [2.05, 4.69) is 47.1 Å². The molecule has 0 saturated heterocycles. The minimum Gasteiger partial charge on any atom is -0.481 e. The van der Waals surface area contributed by atoms with Crippen LogP contribution in [0.1, 0.15) is 20.3 Å². The van der Waals surface area contributed by atoms with Gasteiger partial charge in [0, 0.05) is 6.42 Å². The third kappa shape index (κ3) is 4.02. The Bertz CT molecular complexity index is 491. The Balaban J connectivity index is 2.74. The Labute approximate surface area is 120 Å². The largest absolute Gasteiger partial charge is 0.481 e. The molecule has 18 heavy (non-hydrogen) atoms. The first-order valence-electron chi connectivity index (χ1n) is 4.93. The molecule has 0 atom stereocenters. The quantitative estimate of drug-likeness (QED) is 0.836. The lowest BCUT2D eigenvalue weighted by Crippen LogP contribution is -2.29. The molecule has 0 bridgehead atoms. The summed E-state index contributed by atoms with van der Waals surface area (Å²) in [6.07, 6.45) is 1.29. The van der Waals surface area contributed by atoms with E-state index in [1.54, 1.807) is 0 Å². The van der Waals surface area contributed by atoms with Crippen molar-refractivity contribution in [1.29, 1.82) is 0 Å². The number of carboxylic acids is 1. The van der Waals surface area contributed by atoms with E-state index < -0.39 is 17.3 Å². The van der Waals surface area contributed by atoms with Crippen LogP contribution >= 0.6 is 31.9 Å². The maximum atomic E-state index is 11.7. The number of rotatable bonds is 4. The number of amides is 1. The smallest absolute Gasteiger partial charge is 0.309 e. The highest BCUT2D eigenvalue weighted by molar-refractivity contribution is 9.11. The third-order valence-electron chi connectivity index (χ3n) is 2.14. The lowest BCUT2D eigenvalue weighted by molar-refractivity contribution is -0.148. The Morgan fingerprint density at radius 1 is 1.44 bits per heavy atom. The van der Waals surface area contributed by atoms with E-state index in [-0.39, 0.29) is 12.2 Å². The number of carboxylic acid groups (broad SMARTS) is 1. The molecule has 1 rings (SSSR count). The monoisotopic (exact) mass is 379 g/mol. The van der Waals surface area contributed by atoms with E-state index in [0.717, 1.165) is 0 Å². The zero-order chi connectivity index (χ0) is 13.9. The highest BCUT2D eigenvalue weighted by Gasteiger charge is 2.30. The topological polar surface area (TPSA) is 92.2 Å². The van der Waals surface area contributed by atoms with Gasteiger partial charge in [-0.3, -0.25) is 9.59 Å². The summed E-state index contributed by atoms with van der Waals surface area (Å²) in [5, 5.41) is 11.4. The number of nitrogens with one attached hydrogen (secondary N) is 1. The molecule has 0 aliphatic heterocycles. The first-order chi connectivity index (χ1) is 8.22. The van der Waals surface area contributed by atoms with Crippen molar-refractivity contribution in [3.63, 3.8) is 0 Å². The summed E-state index contributed by atoms with van der Waals surface area (Å²) in [5.41, 5.74) is -1.13. The predicted octanol–water partition coefficient (Wildman–Crippen LogP) is 2.44. The normalized spacial score (nSPS) is 11.1. The number of anilines is 1. The van der Waals surface area contributed by atoms with Crippen molar-refractivity contribution in [3.8, 4) is 0 Å². The highest BCUT2D eigenvalue weighted by Crippen LogP contribution is 2.23. The van der Waals surface area contributed by atoms with Crippen LogP contribution in [-0.2, 0) is 9.59 Å². The molecule has 0 spiro atoms. The zero-order valence-corrected chi connectivity index (χ0v) is 12.9. The SMILES string of the molecule is CC(C)(CC(=O)Nc1ncc(Br)nc1Br)C(=O)O. The Kier molecular flexibility index (Phi) is 4.80. The summed E-state index contributed by atoms with van der Waals surface area (Å²) in [6, 6.07) is 0. The van der Waals surface area contributed by atoms with E-state index in [1.807, 2.05) is 0 Å². The van der Waals surface area contributed by atoms with E-state index in [1.165, 1.54) is 20.0 Å². The van der Waals surface area contributed by atoms with Gasteiger partial charge >= 0.3 is 5.97 Å². The fourth-order valence-corrected chi connectivity index (χ4v) is 1.99. The molecule has 1 aromatic rings. The van der Waals surface area contributed by atoms with E-state index >= 15 is 0 Å². The van der Waals surface area contributed by atoms with Crippen molar-refractivity contribution >= 4 is 49.6 Å². The van der Waals surface area contributed by atoms with E-state index in [4.69, 9.17) is 5.11 Å². The van der Waals surface area contributed by atoms with Crippen molar-refractivity contribution < 1.29 is 14.7 Å². The average molecular weight is 381 g/mol. The standard InChI is InChI=1S/C10H11Br2N3O3/c1-10(2,9(17)18)3-6(16)15-8-7(12)14-5(11)4-13-8/h4H,3H2,1-2H3,(H,17,18)(H,13,15,16). The van der Waals surface area contributed by atoms with Crippen molar-refractivity contribution in [1.82, 2.24) is 9.97 Å². The number of nitrogens with zero attached hydrogens (tertiary/aromatic N) is 2. The molecule has 1 amide bonds. The van der Waals surface area contributed by atoms with Gasteiger partial charge in [-0.2, -0.15) is 0 Å². The molecule has 98 valence electrons. The van der Waals surface area contributed by atoms with Crippen molar-refractivity contribution in [2.24, 2.45) is 5.41 Å². The molecule has 0 radical (unpaired) electrons. The first kappa shape index (κ1) is 15.0. The molecule has 0 fully saturated rings. The van der Waals surface area contributed by atoms with Gasteiger partial charge in [0.15, 0.2) is 5.82 Å². The second-order valence-corrected chi connectivity index (χ2v) is 5.81. The van der Waals surface area contributed by atoms with Crippen LogP contribution in [0.5, 0.6) is 0 Å². The lowest BCUT2D eigenvalue weighted by Gasteiger charge is -2.18. The summed E-state index contributed by atoms with van der Waals surface area (Å²) >= 11 is 6.29. The summed E-state index contributed by atoms with van der Waals surface area (Å²) in [7, 11) is 0. The number of carbonyl (C=O) groups excluding carboxylic acids is 1. The van der Waals surface area contributed by atoms with Gasteiger partial charge in [-0.15, -0.1) is 0 Å². The van der Waals surface area contributed by atoms with Gasteiger partial charge in [0.05, 0.1) is 11.6 Å². The molecular weight excluding hydrogens is 370 g/mol. The molecule has 0 aliphatic carbocycles.